The molecule has 0 amide bonds. The van der Waals surface area contributed by atoms with Crippen molar-refractivity contribution in [3.05, 3.63) is 51.5 Å². The van der Waals surface area contributed by atoms with Crippen molar-refractivity contribution in [1.82, 2.24) is 9.78 Å². The van der Waals surface area contributed by atoms with Crippen LogP contribution >= 0.6 is 27.5 Å². The highest BCUT2D eigenvalue weighted by Crippen LogP contribution is 2.29. The molecule has 0 N–H and O–H groups in total. The molecule has 0 aliphatic heterocycles. The third-order valence-electron chi connectivity index (χ3n) is 3.64. The monoisotopic (exact) mass is 372 g/mol. The summed E-state index contributed by atoms with van der Waals surface area (Å²) in [5.41, 5.74) is 3.11. The van der Waals surface area contributed by atoms with Crippen LogP contribution in [0.5, 0.6) is 0 Å². The van der Waals surface area contributed by atoms with E-state index >= 15 is 0 Å². The van der Waals surface area contributed by atoms with Gasteiger partial charge < -0.3 is 0 Å². The molecule has 0 saturated carbocycles. The van der Waals surface area contributed by atoms with Gasteiger partial charge in [0.25, 0.3) is 0 Å². The molecular formula is C16H19BrClFN2. The molecule has 0 aliphatic rings. The molecule has 21 heavy (non-hydrogen) atoms. The molecule has 2 aromatic rings. The smallest absolute Gasteiger partial charge is 0.123 e. The Hall–Kier alpha value is -0.870. The van der Waals surface area contributed by atoms with Gasteiger partial charge in [-0.15, -0.1) is 11.6 Å². The Bertz CT molecular complexity index is 612. The highest BCUT2D eigenvalue weighted by molar-refractivity contribution is 9.10. The molecule has 2 nitrogen and oxygen atoms in total. The van der Waals surface area contributed by atoms with Gasteiger partial charge >= 0.3 is 0 Å². The van der Waals surface area contributed by atoms with E-state index in [1.54, 1.807) is 12.1 Å². The van der Waals surface area contributed by atoms with Crippen LogP contribution in [0, 0.1) is 5.82 Å². The second kappa shape index (κ2) is 7.41. The summed E-state index contributed by atoms with van der Waals surface area (Å²) in [6, 6.07) is 6.68. The Labute approximate surface area is 138 Å². The third kappa shape index (κ3) is 3.67. The van der Waals surface area contributed by atoms with Crippen molar-refractivity contribution in [2.75, 3.05) is 5.88 Å². The molecular weight excluding hydrogens is 355 g/mol. The predicted octanol–water partition coefficient (Wildman–Crippen LogP) is 4.93. The van der Waals surface area contributed by atoms with Crippen LogP contribution < -0.4 is 0 Å². The average Bonchev–Trinajstić information content (AvgIpc) is 2.80. The summed E-state index contributed by atoms with van der Waals surface area (Å²) in [7, 11) is 0. The fraction of sp³-hybridized carbons (Fsp3) is 0.438. The van der Waals surface area contributed by atoms with Gasteiger partial charge in [-0.2, -0.15) is 5.10 Å². The Morgan fingerprint density at radius 3 is 2.71 bits per heavy atom. The van der Waals surface area contributed by atoms with Crippen LogP contribution in [-0.2, 0) is 19.4 Å². The lowest BCUT2D eigenvalue weighted by atomic mass is 9.95. The molecule has 1 unspecified atom stereocenters. The first-order valence-corrected chi connectivity index (χ1v) is 8.48. The molecule has 2 rings (SSSR count). The second-order valence-corrected chi connectivity index (χ2v) is 6.09. The maximum absolute atomic E-state index is 13.4. The zero-order chi connectivity index (χ0) is 15.4. The van der Waals surface area contributed by atoms with E-state index in [1.807, 2.05) is 10.7 Å². The van der Waals surface area contributed by atoms with Gasteiger partial charge in [0.1, 0.15) is 5.82 Å². The molecule has 114 valence electrons. The number of hydrogen-bond acceptors (Lipinski definition) is 1. The van der Waals surface area contributed by atoms with Gasteiger partial charge in [-0.05, 0) is 53.4 Å². The molecule has 0 spiro atoms. The molecule has 1 aromatic carbocycles. The van der Waals surface area contributed by atoms with Gasteiger partial charge in [0, 0.05) is 18.3 Å². The van der Waals surface area contributed by atoms with Crippen molar-refractivity contribution in [3.8, 4) is 0 Å². The Balaban J connectivity index is 2.32. The number of aromatic nitrogens is 2. The average molecular weight is 374 g/mol. The van der Waals surface area contributed by atoms with E-state index in [-0.39, 0.29) is 11.7 Å². The summed E-state index contributed by atoms with van der Waals surface area (Å²) >= 11 is 9.77. The minimum absolute atomic E-state index is 0.0744. The van der Waals surface area contributed by atoms with Crippen LogP contribution in [0.4, 0.5) is 4.39 Å². The molecule has 0 radical (unpaired) electrons. The zero-order valence-corrected chi connectivity index (χ0v) is 14.6. The minimum Gasteiger partial charge on any atom is -0.268 e. The standard InChI is InChI=1S/C16H19BrClFN2/c1-3-14-16(17)15(21(4-2)20-14)9-12(10-18)11-6-5-7-13(19)8-11/h5-8,12H,3-4,9-10H2,1-2H3. The van der Waals surface area contributed by atoms with E-state index in [9.17, 15) is 4.39 Å². The lowest BCUT2D eigenvalue weighted by Crippen LogP contribution is -2.10. The first kappa shape index (κ1) is 16.5. The van der Waals surface area contributed by atoms with Crippen LogP contribution in [0.25, 0.3) is 0 Å². The molecule has 1 aromatic heterocycles. The van der Waals surface area contributed by atoms with Crippen LogP contribution in [0.3, 0.4) is 0 Å². The normalized spacial score (nSPS) is 12.6. The summed E-state index contributed by atoms with van der Waals surface area (Å²) in [5.74, 6) is 0.303. The third-order valence-corrected chi connectivity index (χ3v) is 4.93. The summed E-state index contributed by atoms with van der Waals surface area (Å²) in [5, 5.41) is 4.60. The van der Waals surface area contributed by atoms with Crippen LogP contribution in [0.2, 0.25) is 0 Å². The number of rotatable bonds is 6. The molecule has 5 heteroatoms. The molecule has 0 bridgehead atoms. The van der Waals surface area contributed by atoms with Crippen molar-refractivity contribution >= 4 is 27.5 Å². The Morgan fingerprint density at radius 1 is 1.38 bits per heavy atom. The lowest BCUT2D eigenvalue weighted by Gasteiger charge is -2.15. The number of benzene rings is 1. The Morgan fingerprint density at radius 2 is 2.14 bits per heavy atom. The quantitative estimate of drug-likeness (QED) is 0.656. The van der Waals surface area contributed by atoms with E-state index in [0.29, 0.717) is 5.88 Å². The largest absolute Gasteiger partial charge is 0.268 e. The first-order chi connectivity index (χ1) is 10.1. The van der Waals surface area contributed by atoms with Gasteiger partial charge in [-0.1, -0.05) is 19.1 Å². The van der Waals surface area contributed by atoms with Gasteiger partial charge in [-0.25, -0.2) is 4.39 Å². The zero-order valence-electron chi connectivity index (χ0n) is 12.2. The van der Waals surface area contributed by atoms with Gasteiger partial charge in [0.2, 0.25) is 0 Å². The number of hydrogen-bond donors (Lipinski definition) is 0. The maximum atomic E-state index is 13.4. The molecule has 1 heterocycles. The number of nitrogens with zero attached hydrogens (tertiary/aromatic N) is 2. The first-order valence-electron chi connectivity index (χ1n) is 7.16. The van der Waals surface area contributed by atoms with E-state index in [1.165, 1.54) is 6.07 Å². The second-order valence-electron chi connectivity index (χ2n) is 4.99. The van der Waals surface area contributed by atoms with E-state index in [2.05, 4.69) is 34.9 Å². The van der Waals surface area contributed by atoms with E-state index < -0.39 is 0 Å². The maximum Gasteiger partial charge on any atom is 0.123 e. The number of aryl methyl sites for hydroxylation is 2. The summed E-state index contributed by atoms with van der Waals surface area (Å²) in [4.78, 5) is 0. The highest BCUT2D eigenvalue weighted by atomic mass is 79.9. The fourth-order valence-corrected chi connectivity index (χ4v) is 3.48. The van der Waals surface area contributed by atoms with Gasteiger partial charge in [0.05, 0.1) is 15.9 Å². The fourth-order valence-electron chi connectivity index (χ4n) is 2.47. The Kier molecular flexibility index (Phi) is 5.82. The topological polar surface area (TPSA) is 17.8 Å². The summed E-state index contributed by atoms with van der Waals surface area (Å²) in [6.45, 7) is 4.97. The summed E-state index contributed by atoms with van der Waals surface area (Å²) < 4.78 is 16.5. The number of halogens is 3. The van der Waals surface area contributed by atoms with Crippen molar-refractivity contribution in [2.45, 2.75) is 39.2 Å². The lowest BCUT2D eigenvalue weighted by molar-refractivity contribution is 0.588. The van der Waals surface area contributed by atoms with Crippen molar-refractivity contribution in [2.24, 2.45) is 0 Å². The van der Waals surface area contributed by atoms with Crippen LogP contribution in [-0.4, -0.2) is 15.7 Å². The van der Waals surface area contributed by atoms with E-state index in [4.69, 9.17) is 11.6 Å². The SMILES string of the molecule is CCc1nn(CC)c(CC(CCl)c2cccc(F)c2)c1Br. The molecule has 1 atom stereocenters. The molecule has 0 aliphatic carbocycles. The van der Waals surface area contributed by atoms with Crippen molar-refractivity contribution in [1.29, 1.82) is 0 Å². The van der Waals surface area contributed by atoms with Crippen LogP contribution in [0.15, 0.2) is 28.7 Å². The van der Waals surface area contributed by atoms with Gasteiger partial charge in [0.15, 0.2) is 0 Å². The molecule has 0 saturated heterocycles. The van der Waals surface area contributed by atoms with Crippen molar-refractivity contribution in [3.63, 3.8) is 0 Å². The van der Waals surface area contributed by atoms with E-state index in [0.717, 1.165) is 40.8 Å². The summed E-state index contributed by atoms with van der Waals surface area (Å²) in [6.07, 6.45) is 1.63. The van der Waals surface area contributed by atoms with Crippen LogP contribution in [0.1, 0.15) is 36.7 Å². The minimum atomic E-state index is -0.222. The molecule has 0 fully saturated rings. The predicted molar refractivity (Wildman–Crippen MR) is 88.5 cm³/mol. The van der Waals surface area contributed by atoms with Gasteiger partial charge in [-0.3, -0.25) is 4.68 Å². The highest BCUT2D eigenvalue weighted by Gasteiger charge is 2.19. The number of alkyl halides is 1. The van der Waals surface area contributed by atoms with Crippen molar-refractivity contribution < 1.29 is 4.39 Å².